The standard InChI is InChI=1S/C17H32N2S/c1-16(2)10-14(11-17(3,4)12-16)19-15(20)18-13-8-6-5-7-9-13/h13-14H,5-12H2,1-4H3,(H2,18,19,20). The van der Waals surface area contributed by atoms with E-state index in [9.17, 15) is 0 Å². The molecule has 0 atom stereocenters. The third-order valence-corrected chi connectivity index (χ3v) is 5.07. The highest BCUT2D eigenvalue weighted by Crippen LogP contribution is 2.45. The summed E-state index contributed by atoms with van der Waals surface area (Å²) in [6, 6.07) is 1.13. The molecule has 20 heavy (non-hydrogen) atoms. The van der Waals surface area contributed by atoms with Crippen LogP contribution in [-0.4, -0.2) is 17.2 Å². The molecule has 0 unspecified atom stereocenters. The van der Waals surface area contributed by atoms with Gasteiger partial charge in [0.1, 0.15) is 0 Å². The van der Waals surface area contributed by atoms with E-state index in [0.717, 1.165) is 5.11 Å². The number of nitrogens with one attached hydrogen (secondary N) is 2. The van der Waals surface area contributed by atoms with Crippen molar-refractivity contribution >= 4 is 17.3 Å². The Morgan fingerprint density at radius 3 is 1.90 bits per heavy atom. The number of thiocarbonyl (C=S) groups is 1. The second-order valence-electron chi connectivity index (χ2n) is 8.56. The molecule has 0 heterocycles. The summed E-state index contributed by atoms with van der Waals surface area (Å²) < 4.78 is 0. The second kappa shape index (κ2) is 6.21. The first-order valence-electron chi connectivity index (χ1n) is 8.33. The third kappa shape index (κ3) is 4.91. The van der Waals surface area contributed by atoms with Crippen molar-refractivity contribution in [1.82, 2.24) is 10.6 Å². The number of hydrogen-bond donors (Lipinski definition) is 2. The Labute approximate surface area is 130 Å². The summed E-state index contributed by atoms with van der Waals surface area (Å²) >= 11 is 5.54. The van der Waals surface area contributed by atoms with Gasteiger partial charge in [0, 0.05) is 12.1 Å². The van der Waals surface area contributed by atoms with E-state index in [1.807, 2.05) is 0 Å². The molecule has 0 aromatic carbocycles. The average Bonchev–Trinajstić information content (AvgIpc) is 2.25. The molecule has 0 saturated heterocycles. The molecule has 3 heteroatoms. The monoisotopic (exact) mass is 296 g/mol. The van der Waals surface area contributed by atoms with Gasteiger partial charge in [0.2, 0.25) is 0 Å². The molecule has 2 fully saturated rings. The smallest absolute Gasteiger partial charge is 0.166 e. The molecular weight excluding hydrogens is 264 g/mol. The molecule has 2 nitrogen and oxygen atoms in total. The van der Waals surface area contributed by atoms with Gasteiger partial charge in [0.15, 0.2) is 5.11 Å². The largest absolute Gasteiger partial charge is 0.360 e. The Morgan fingerprint density at radius 2 is 1.35 bits per heavy atom. The lowest BCUT2D eigenvalue weighted by Crippen LogP contribution is -2.51. The lowest BCUT2D eigenvalue weighted by atomic mass is 9.63. The van der Waals surface area contributed by atoms with Crippen molar-refractivity contribution in [2.45, 2.75) is 91.1 Å². The predicted octanol–water partition coefficient (Wildman–Crippen LogP) is 4.39. The molecule has 0 spiro atoms. The van der Waals surface area contributed by atoms with Gasteiger partial charge in [-0.15, -0.1) is 0 Å². The molecule has 2 aliphatic carbocycles. The maximum atomic E-state index is 5.54. The molecule has 0 bridgehead atoms. The SMILES string of the molecule is CC1(C)CC(NC(=S)NC2CCCCC2)CC(C)(C)C1. The summed E-state index contributed by atoms with van der Waals surface area (Å²) in [4.78, 5) is 0. The van der Waals surface area contributed by atoms with Crippen molar-refractivity contribution in [3.63, 3.8) is 0 Å². The van der Waals surface area contributed by atoms with Gasteiger partial charge in [-0.25, -0.2) is 0 Å². The minimum Gasteiger partial charge on any atom is -0.360 e. The van der Waals surface area contributed by atoms with Crippen LogP contribution in [0.25, 0.3) is 0 Å². The highest BCUT2D eigenvalue weighted by Gasteiger charge is 2.38. The van der Waals surface area contributed by atoms with Gasteiger partial charge in [-0.1, -0.05) is 47.0 Å². The van der Waals surface area contributed by atoms with Crippen molar-refractivity contribution in [2.24, 2.45) is 10.8 Å². The van der Waals surface area contributed by atoms with E-state index in [2.05, 4.69) is 38.3 Å². The van der Waals surface area contributed by atoms with Crippen LogP contribution >= 0.6 is 12.2 Å². The quantitative estimate of drug-likeness (QED) is 0.739. The Bertz CT molecular complexity index is 327. The molecule has 2 saturated carbocycles. The molecule has 2 aliphatic rings. The molecule has 0 aromatic heterocycles. The van der Waals surface area contributed by atoms with Gasteiger partial charge >= 0.3 is 0 Å². The van der Waals surface area contributed by atoms with E-state index in [1.165, 1.54) is 51.4 Å². The fourth-order valence-corrected chi connectivity index (χ4v) is 4.94. The Hall–Kier alpha value is -0.310. The van der Waals surface area contributed by atoms with Gasteiger partial charge in [-0.2, -0.15) is 0 Å². The van der Waals surface area contributed by atoms with Gasteiger partial charge in [-0.05, 0) is 55.2 Å². The van der Waals surface area contributed by atoms with E-state index in [-0.39, 0.29) is 0 Å². The van der Waals surface area contributed by atoms with Crippen LogP contribution in [0.2, 0.25) is 0 Å². The van der Waals surface area contributed by atoms with E-state index in [4.69, 9.17) is 12.2 Å². The van der Waals surface area contributed by atoms with Crippen LogP contribution < -0.4 is 10.6 Å². The summed E-state index contributed by atoms with van der Waals surface area (Å²) in [5.41, 5.74) is 0.833. The van der Waals surface area contributed by atoms with Crippen molar-refractivity contribution in [3.05, 3.63) is 0 Å². The van der Waals surface area contributed by atoms with Crippen molar-refractivity contribution in [1.29, 1.82) is 0 Å². The zero-order valence-corrected chi connectivity index (χ0v) is 14.5. The molecule has 2 N–H and O–H groups in total. The first kappa shape index (κ1) is 16.1. The second-order valence-corrected chi connectivity index (χ2v) is 8.97. The molecule has 0 amide bonds. The van der Waals surface area contributed by atoms with E-state index >= 15 is 0 Å². The topological polar surface area (TPSA) is 24.1 Å². The predicted molar refractivity (Wildman–Crippen MR) is 90.9 cm³/mol. The Kier molecular flexibility index (Phi) is 4.99. The summed E-state index contributed by atoms with van der Waals surface area (Å²) in [6.07, 6.45) is 10.4. The normalized spacial score (nSPS) is 27.0. The van der Waals surface area contributed by atoms with Crippen LogP contribution in [0.1, 0.15) is 79.1 Å². The summed E-state index contributed by atoms with van der Waals surface area (Å²) in [7, 11) is 0. The summed E-state index contributed by atoms with van der Waals surface area (Å²) in [5.74, 6) is 0. The van der Waals surface area contributed by atoms with Crippen molar-refractivity contribution in [3.8, 4) is 0 Å². The van der Waals surface area contributed by atoms with Crippen molar-refractivity contribution in [2.75, 3.05) is 0 Å². The van der Waals surface area contributed by atoms with Gasteiger partial charge in [-0.3, -0.25) is 0 Å². The molecule has 0 aromatic rings. The fourth-order valence-electron chi connectivity index (χ4n) is 4.61. The van der Waals surface area contributed by atoms with E-state index in [0.29, 0.717) is 22.9 Å². The Morgan fingerprint density at radius 1 is 0.850 bits per heavy atom. The van der Waals surface area contributed by atoms with Gasteiger partial charge in [0.05, 0.1) is 0 Å². The fraction of sp³-hybridized carbons (Fsp3) is 0.941. The van der Waals surface area contributed by atoms with Crippen LogP contribution in [0.4, 0.5) is 0 Å². The summed E-state index contributed by atoms with van der Waals surface area (Å²) in [5, 5.41) is 8.02. The maximum Gasteiger partial charge on any atom is 0.166 e. The average molecular weight is 297 g/mol. The highest BCUT2D eigenvalue weighted by atomic mass is 32.1. The third-order valence-electron chi connectivity index (χ3n) is 4.83. The minimum absolute atomic E-state index is 0.417. The van der Waals surface area contributed by atoms with Crippen LogP contribution in [0, 0.1) is 10.8 Å². The molecule has 0 radical (unpaired) electrons. The molecule has 2 rings (SSSR count). The van der Waals surface area contributed by atoms with Gasteiger partial charge < -0.3 is 10.6 Å². The molecule has 0 aliphatic heterocycles. The van der Waals surface area contributed by atoms with Crippen LogP contribution in [-0.2, 0) is 0 Å². The number of rotatable bonds is 2. The molecular formula is C17H32N2S. The van der Waals surface area contributed by atoms with Crippen LogP contribution in [0.15, 0.2) is 0 Å². The van der Waals surface area contributed by atoms with E-state index in [1.54, 1.807) is 0 Å². The lowest BCUT2D eigenvalue weighted by Gasteiger charge is -2.45. The van der Waals surface area contributed by atoms with E-state index < -0.39 is 0 Å². The lowest BCUT2D eigenvalue weighted by molar-refractivity contribution is 0.0920. The Balaban J connectivity index is 1.83. The highest BCUT2D eigenvalue weighted by molar-refractivity contribution is 7.80. The molecule has 116 valence electrons. The number of hydrogen-bond acceptors (Lipinski definition) is 1. The van der Waals surface area contributed by atoms with Crippen molar-refractivity contribution < 1.29 is 0 Å². The first-order chi connectivity index (χ1) is 9.26. The van der Waals surface area contributed by atoms with Gasteiger partial charge in [0.25, 0.3) is 0 Å². The zero-order chi connectivity index (χ0) is 14.8. The first-order valence-corrected chi connectivity index (χ1v) is 8.74. The maximum absolute atomic E-state index is 5.54. The minimum atomic E-state index is 0.417. The summed E-state index contributed by atoms with van der Waals surface area (Å²) in [6.45, 7) is 9.56. The van der Waals surface area contributed by atoms with Crippen LogP contribution in [0.3, 0.4) is 0 Å². The zero-order valence-electron chi connectivity index (χ0n) is 13.7. The van der Waals surface area contributed by atoms with Crippen LogP contribution in [0.5, 0.6) is 0 Å².